The van der Waals surface area contributed by atoms with E-state index in [2.05, 4.69) is 20.9 Å². The van der Waals surface area contributed by atoms with Gasteiger partial charge in [0.25, 0.3) is 11.8 Å². The summed E-state index contributed by atoms with van der Waals surface area (Å²) in [5.41, 5.74) is 1.89. The number of ether oxygens (including phenoxy) is 1. The molecule has 4 amide bonds. The molecule has 2 saturated heterocycles. The van der Waals surface area contributed by atoms with Crippen LogP contribution in [0.15, 0.2) is 54.7 Å². The van der Waals surface area contributed by atoms with Crippen molar-refractivity contribution in [2.75, 3.05) is 19.8 Å². The van der Waals surface area contributed by atoms with Gasteiger partial charge in [-0.25, -0.2) is 4.68 Å². The van der Waals surface area contributed by atoms with E-state index in [1.54, 1.807) is 29.1 Å². The first-order valence-electron chi connectivity index (χ1n) is 11.6. The Morgan fingerprint density at radius 2 is 1.81 bits per heavy atom. The number of hydrogen-bond donors (Lipinski definition) is 2. The Morgan fingerprint density at radius 1 is 1.00 bits per heavy atom. The molecule has 4 heterocycles. The summed E-state index contributed by atoms with van der Waals surface area (Å²) in [5.74, 6) is -2.18. The van der Waals surface area contributed by atoms with Crippen LogP contribution in [-0.4, -0.2) is 69.3 Å². The fourth-order valence-electron chi connectivity index (χ4n) is 5.02. The summed E-state index contributed by atoms with van der Waals surface area (Å²) in [5, 5.41) is 14.4. The summed E-state index contributed by atoms with van der Waals surface area (Å²) in [7, 11) is 0. The molecule has 11 heteroatoms. The highest BCUT2D eigenvalue weighted by molar-refractivity contribution is 6.23. The summed E-state index contributed by atoms with van der Waals surface area (Å²) in [6, 6.07) is 13.6. The number of fused-ring (bicyclic) bond motifs is 1. The molecule has 3 aromatic rings. The number of piperidine rings is 1. The van der Waals surface area contributed by atoms with Crippen molar-refractivity contribution < 1.29 is 23.9 Å². The summed E-state index contributed by atoms with van der Waals surface area (Å²) < 4.78 is 7.34. The molecular formula is C25H22N6O5. The number of hydrogen-bond acceptors (Lipinski definition) is 8. The van der Waals surface area contributed by atoms with Crippen molar-refractivity contribution in [2.24, 2.45) is 0 Å². The van der Waals surface area contributed by atoms with Gasteiger partial charge in [-0.3, -0.25) is 34.7 Å². The van der Waals surface area contributed by atoms with Gasteiger partial charge in [0, 0.05) is 13.0 Å². The zero-order valence-electron chi connectivity index (χ0n) is 19.1. The van der Waals surface area contributed by atoms with Gasteiger partial charge < -0.3 is 4.74 Å². The summed E-state index contributed by atoms with van der Waals surface area (Å²) in [6.45, 7) is 1.62. The van der Waals surface area contributed by atoms with E-state index in [-0.39, 0.29) is 24.0 Å². The van der Waals surface area contributed by atoms with Crippen LogP contribution >= 0.6 is 0 Å². The maximum Gasteiger partial charge on any atom is 0.262 e. The molecule has 2 atom stereocenters. The molecule has 2 fully saturated rings. The van der Waals surface area contributed by atoms with E-state index in [9.17, 15) is 19.2 Å². The number of imide groups is 2. The molecule has 6 rings (SSSR count). The first-order valence-corrected chi connectivity index (χ1v) is 11.6. The van der Waals surface area contributed by atoms with Crippen molar-refractivity contribution in [3.05, 3.63) is 77.1 Å². The quantitative estimate of drug-likeness (QED) is 0.510. The Balaban J connectivity index is 1.33. The van der Waals surface area contributed by atoms with Gasteiger partial charge in [0.15, 0.2) is 0 Å². The predicted molar refractivity (Wildman–Crippen MR) is 124 cm³/mol. The van der Waals surface area contributed by atoms with Crippen LogP contribution in [-0.2, 0) is 19.9 Å². The maximum atomic E-state index is 13.2. The summed E-state index contributed by atoms with van der Waals surface area (Å²) in [4.78, 5) is 50.9. The Hall–Kier alpha value is -4.22. The van der Waals surface area contributed by atoms with E-state index >= 15 is 0 Å². The van der Waals surface area contributed by atoms with E-state index in [0.29, 0.717) is 31.1 Å². The van der Waals surface area contributed by atoms with Crippen LogP contribution in [0.4, 0.5) is 0 Å². The zero-order chi connectivity index (χ0) is 24.9. The van der Waals surface area contributed by atoms with Crippen LogP contribution in [0, 0.1) is 0 Å². The third kappa shape index (κ3) is 3.43. The van der Waals surface area contributed by atoms with Gasteiger partial charge in [-0.15, -0.1) is 5.10 Å². The molecule has 0 radical (unpaired) electrons. The molecule has 11 nitrogen and oxygen atoms in total. The largest absolute Gasteiger partial charge is 0.377 e. The minimum atomic E-state index is -1.01. The van der Waals surface area contributed by atoms with Gasteiger partial charge in [0.2, 0.25) is 11.8 Å². The monoisotopic (exact) mass is 486 g/mol. The lowest BCUT2D eigenvalue weighted by molar-refractivity contribution is -0.136. The molecule has 0 aliphatic carbocycles. The van der Waals surface area contributed by atoms with Crippen molar-refractivity contribution in [2.45, 2.75) is 24.4 Å². The lowest BCUT2D eigenvalue weighted by atomic mass is 9.87. The number of morpholine rings is 1. The lowest BCUT2D eigenvalue weighted by Gasteiger charge is -2.37. The highest BCUT2D eigenvalue weighted by Gasteiger charge is 2.45. The second kappa shape index (κ2) is 8.47. The average Bonchev–Trinajstić information content (AvgIpc) is 3.49. The van der Waals surface area contributed by atoms with Crippen LogP contribution in [0.1, 0.15) is 44.8 Å². The lowest BCUT2D eigenvalue weighted by Crippen LogP contribution is -2.54. The molecule has 3 aliphatic rings. The Labute approximate surface area is 205 Å². The minimum absolute atomic E-state index is 0.0672. The highest BCUT2D eigenvalue weighted by Crippen LogP contribution is 2.32. The number of nitrogens with one attached hydrogen (secondary N) is 2. The molecule has 2 N–H and O–H groups in total. The fourth-order valence-corrected chi connectivity index (χ4v) is 5.02. The van der Waals surface area contributed by atoms with Crippen LogP contribution < -0.4 is 10.6 Å². The Kier molecular flexibility index (Phi) is 5.23. The SMILES string of the molecule is O=C1CCC(N2C(=O)c3ccc(-n4cc(C5(c6ccccc6)COCCN5)nn4)cc3C2=O)C(=O)N1. The molecule has 2 aromatic carbocycles. The number of benzene rings is 2. The molecule has 0 bridgehead atoms. The van der Waals surface area contributed by atoms with Crippen LogP contribution in [0.5, 0.6) is 0 Å². The zero-order valence-corrected chi connectivity index (χ0v) is 19.1. The Morgan fingerprint density at radius 3 is 2.56 bits per heavy atom. The van der Waals surface area contributed by atoms with Gasteiger partial charge in [0.05, 0.1) is 36.2 Å². The second-order valence-electron chi connectivity index (χ2n) is 8.98. The fraction of sp³-hybridized carbons (Fsp3) is 0.280. The van der Waals surface area contributed by atoms with E-state index in [1.165, 1.54) is 0 Å². The molecular weight excluding hydrogens is 464 g/mol. The van der Waals surface area contributed by atoms with E-state index < -0.39 is 35.2 Å². The van der Waals surface area contributed by atoms with Gasteiger partial charge in [-0.05, 0) is 30.2 Å². The molecule has 36 heavy (non-hydrogen) atoms. The van der Waals surface area contributed by atoms with Crippen LogP contribution in [0.2, 0.25) is 0 Å². The van der Waals surface area contributed by atoms with E-state index in [4.69, 9.17) is 4.74 Å². The smallest absolute Gasteiger partial charge is 0.262 e. The number of carbonyl (C=O) groups is 4. The minimum Gasteiger partial charge on any atom is -0.377 e. The molecule has 0 spiro atoms. The van der Waals surface area contributed by atoms with Gasteiger partial charge in [0.1, 0.15) is 17.3 Å². The Bertz CT molecular complexity index is 1390. The molecule has 182 valence electrons. The number of amides is 4. The van der Waals surface area contributed by atoms with E-state index in [0.717, 1.165) is 10.5 Å². The first kappa shape index (κ1) is 22.3. The van der Waals surface area contributed by atoms with Crippen molar-refractivity contribution in [1.29, 1.82) is 0 Å². The molecule has 2 unspecified atom stereocenters. The first-order chi connectivity index (χ1) is 17.5. The predicted octanol–water partition coefficient (Wildman–Crippen LogP) is 0.532. The van der Waals surface area contributed by atoms with Crippen molar-refractivity contribution >= 4 is 23.6 Å². The highest BCUT2D eigenvalue weighted by atomic mass is 16.5. The topological polar surface area (TPSA) is 136 Å². The average molecular weight is 486 g/mol. The third-order valence-corrected chi connectivity index (χ3v) is 6.88. The van der Waals surface area contributed by atoms with Crippen molar-refractivity contribution in [3.63, 3.8) is 0 Å². The van der Waals surface area contributed by atoms with Crippen LogP contribution in [0.25, 0.3) is 5.69 Å². The number of rotatable bonds is 4. The summed E-state index contributed by atoms with van der Waals surface area (Å²) in [6.07, 6.45) is 1.94. The molecule has 3 aliphatic heterocycles. The standard InChI is InChI=1S/C25H22N6O5/c32-21-9-8-19(22(33)27-21)31-23(34)17-7-6-16(12-18(17)24(31)35)30-13-20(28-29-30)25(14-36-11-10-26-25)15-4-2-1-3-5-15/h1-7,12-13,19,26H,8-11,14H2,(H,27,32,33). The summed E-state index contributed by atoms with van der Waals surface area (Å²) >= 11 is 0. The number of nitrogens with zero attached hydrogens (tertiary/aromatic N) is 4. The van der Waals surface area contributed by atoms with Crippen molar-refractivity contribution in [1.82, 2.24) is 30.5 Å². The molecule has 1 aromatic heterocycles. The van der Waals surface area contributed by atoms with Gasteiger partial charge in [-0.1, -0.05) is 35.5 Å². The number of carbonyl (C=O) groups excluding carboxylic acids is 4. The van der Waals surface area contributed by atoms with Crippen molar-refractivity contribution in [3.8, 4) is 5.69 Å². The van der Waals surface area contributed by atoms with E-state index in [1.807, 2.05) is 30.3 Å². The molecule has 0 saturated carbocycles. The van der Waals surface area contributed by atoms with Gasteiger partial charge in [-0.2, -0.15) is 0 Å². The normalized spacial score (nSPS) is 24.1. The van der Waals surface area contributed by atoms with Crippen LogP contribution in [0.3, 0.4) is 0 Å². The third-order valence-electron chi connectivity index (χ3n) is 6.88. The van der Waals surface area contributed by atoms with Gasteiger partial charge >= 0.3 is 0 Å². The number of aromatic nitrogens is 3. The maximum absolute atomic E-state index is 13.2. The second-order valence-corrected chi connectivity index (χ2v) is 8.98.